The Hall–Kier alpha value is -2.32. The molecule has 0 unspecified atom stereocenters. The fourth-order valence-electron chi connectivity index (χ4n) is 3.30. The number of piperazine rings is 1. The molecule has 1 fully saturated rings. The average molecular weight is 405 g/mol. The third kappa shape index (κ3) is 8.29. The number of amides is 1. The van der Waals surface area contributed by atoms with Gasteiger partial charge in [0.1, 0.15) is 0 Å². The molecule has 8 nitrogen and oxygen atoms in total. The zero-order chi connectivity index (χ0) is 20.9. The lowest BCUT2D eigenvalue weighted by atomic mass is 10.2. The Morgan fingerprint density at radius 2 is 1.86 bits per heavy atom. The number of benzene rings is 1. The highest BCUT2D eigenvalue weighted by atomic mass is 16.5. The van der Waals surface area contributed by atoms with Crippen molar-refractivity contribution in [3.8, 4) is 0 Å². The maximum atomic E-state index is 12.5. The molecule has 0 spiro atoms. The summed E-state index contributed by atoms with van der Waals surface area (Å²) < 4.78 is 5.08. The number of nitrogens with zero attached hydrogens (tertiary/aromatic N) is 4. The summed E-state index contributed by atoms with van der Waals surface area (Å²) in [6, 6.07) is 10.3. The van der Waals surface area contributed by atoms with Gasteiger partial charge in [0.25, 0.3) is 0 Å². The maximum Gasteiger partial charge on any atom is 0.242 e. The van der Waals surface area contributed by atoms with E-state index in [4.69, 9.17) is 4.74 Å². The van der Waals surface area contributed by atoms with Crippen LogP contribution < -0.4 is 15.5 Å². The van der Waals surface area contributed by atoms with E-state index in [1.165, 1.54) is 5.69 Å². The van der Waals surface area contributed by atoms with Gasteiger partial charge in [-0.3, -0.25) is 9.79 Å². The third-order valence-electron chi connectivity index (χ3n) is 5.06. The molecular weight excluding hydrogens is 368 g/mol. The SMILES string of the molecule is CN=C(NCCN(C)CCCOC)NCC(=O)N1CCN(c2ccccc2)CC1. The average Bonchev–Trinajstić information content (AvgIpc) is 2.76. The Balaban J connectivity index is 1.63. The van der Waals surface area contributed by atoms with Gasteiger partial charge in [0.15, 0.2) is 5.96 Å². The Kier molecular flexibility index (Phi) is 10.3. The standard InChI is InChI=1S/C21H36N6O2/c1-22-21(23-10-12-25(2)11-7-17-29-3)24-18-20(28)27-15-13-26(14-16-27)19-8-5-4-6-9-19/h4-6,8-9H,7,10-18H2,1-3H3,(H2,22,23,24). The van der Waals surface area contributed by atoms with Gasteiger partial charge in [-0.2, -0.15) is 0 Å². The van der Waals surface area contributed by atoms with Crippen molar-refractivity contribution in [2.24, 2.45) is 4.99 Å². The number of likely N-dealkylation sites (N-methyl/N-ethyl adjacent to an activating group) is 1. The van der Waals surface area contributed by atoms with E-state index >= 15 is 0 Å². The second kappa shape index (κ2) is 13.0. The predicted molar refractivity (Wildman–Crippen MR) is 119 cm³/mol. The number of ether oxygens (including phenoxy) is 1. The normalized spacial score (nSPS) is 15.0. The summed E-state index contributed by atoms with van der Waals surface area (Å²) in [7, 11) is 5.54. The van der Waals surface area contributed by atoms with Gasteiger partial charge >= 0.3 is 0 Å². The van der Waals surface area contributed by atoms with Crippen molar-refractivity contribution in [2.45, 2.75) is 6.42 Å². The molecule has 1 aliphatic rings. The monoisotopic (exact) mass is 404 g/mol. The van der Waals surface area contributed by atoms with E-state index in [0.29, 0.717) is 5.96 Å². The van der Waals surface area contributed by atoms with Crippen molar-refractivity contribution in [1.82, 2.24) is 20.4 Å². The van der Waals surface area contributed by atoms with Crippen molar-refractivity contribution in [1.29, 1.82) is 0 Å². The first-order chi connectivity index (χ1) is 14.1. The third-order valence-corrected chi connectivity index (χ3v) is 5.06. The molecule has 29 heavy (non-hydrogen) atoms. The van der Waals surface area contributed by atoms with Crippen LogP contribution in [0.1, 0.15) is 6.42 Å². The number of hydrogen-bond acceptors (Lipinski definition) is 5. The molecule has 1 aliphatic heterocycles. The van der Waals surface area contributed by atoms with Crippen LogP contribution in [0.25, 0.3) is 0 Å². The van der Waals surface area contributed by atoms with E-state index in [1.54, 1.807) is 14.2 Å². The number of anilines is 1. The maximum absolute atomic E-state index is 12.5. The van der Waals surface area contributed by atoms with Gasteiger partial charge in [-0.1, -0.05) is 18.2 Å². The van der Waals surface area contributed by atoms with Crippen LogP contribution in [0, 0.1) is 0 Å². The molecule has 1 aromatic rings. The van der Waals surface area contributed by atoms with E-state index in [0.717, 1.165) is 58.8 Å². The van der Waals surface area contributed by atoms with Gasteiger partial charge in [0.2, 0.25) is 5.91 Å². The van der Waals surface area contributed by atoms with Crippen molar-refractivity contribution < 1.29 is 9.53 Å². The second-order valence-electron chi connectivity index (χ2n) is 7.21. The number of carbonyl (C=O) groups is 1. The van der Waals surface area contributed by atoms with Crippen LogP contribution in [0.15, 0.2) is 35.3 Å². The van der Waals surface area contributed by atoms with Gasteiger partial charge in [0.05, 0.1) is 6.54 Å². The molecule has 1 aromatic carbocycles. The molecule has 0 aliphatic carbocycles. The number of rotatable bonds is 10. The highest BCUT2D eigenvalue weighted by Crippen LogP contribution is 2.15. The Labute approximate surface area is 174 Å². The van der Waals surface area contributed by atoms with Crippen LogP contribution in [-0.2, 0) is 9.53 Å². The quantitative estimate of drug-likeness (QED) is 0.336. The number of hydrogen-bond donors (Lipinski definition) is 2. The molecule has 162 valence electrons. The van der Waals surface area contributed by atoms with Crippen LogP contribution in [0.2, 0.25) is 0 Å². The van der Waals surface area contributed by atoms with Crippen LogP contribution >= 0.6 is 0 Å². The lowest BCUT2D eigenvalue weighted by Crippen LogP contribution is -2.52. The van der Waals surface area contributed by atoms with Crippen LogP contribution in [-0.4, -0.2) is 102 Å². The van der Waals surface area contributed by atoms with Crippen molar-refractivity contribution in [2.75, 3.05) is 85.1 Å². The largest absolute Gasteiger partial charge is 0.385 e. The summed E-state index contributed by atoms with van der Waals surface area (Å²) >= 11 is 0. The Bertz CT molecular complexity index is 617. The Morgan fingerprint density at radius 3 is 2.52 bits per heavy atom. The van der Waals surface area contributed by atoms with Crippen LogP contribution in [0.4, 0.5) is 5.69 Å². The number of aliphatic imine (C=N–C) groups is 1. The highest BCUT2D eigenvalue weighted by Gasteiger charge is 2.21. The van der Waals surface area contributed by atoms with Crippen molar-refractivity contribution in [3.05, 3.63) is 30.3 Å². The summed E-state index contributed by atoms with van der Waals surface area (Å²) in [6.07, 6.45) is 1.02. The molecule has 0 atom stereocenters. The van der Waals surface area contributed by atoms with Crippen molar-refractivity contribution >= 4 is 17.6 Å². The predicted octanol–water partition coefficient (Wildman–Crippen LogP) is 0.469. The Morgan fingerprint density at radius 1 is 1.14 bits per heavy atom. The summed E-state index contributed by atoms with van der Waals surface area (Å²) in [5.74, 6) is 0.768. The second-order valence-corrected chi connectivity index (χ2v) is 7.21. The van der Waals surface area contributed by atoms with Gasteiger partial charge in [0, 0.05) is 72.3 Å². The number of para-hydroxylation sites is 1. The van der Waals surface area contributed by atoms with E-state index in [9.17, 15) is 4.79 Å². The molecule has 1 heterocycles. The number of carbonyl (C=O) groups excluding carboxylic acids is 1. The van der Waals surface area contributed by atoms with Gasteiger partial charge in [-0.15, -0.1) is 0 Å². The van der Waals surface area contributed by atoms with Gasteiger partial charge < -0.3 is 30.1 Å². The summed E-state index contributed by atoms with van der Waals surface area (Å²) in [5, 5.41) is 6.40. The molecule has 0 saturated carbocycles. The molecule has 0 bridgehead atoms. The molecule has 2 N–H and O–H groups in total. The molecule has 0 aromatic heterocycles. The first-order valence-electron chi connectivity index (χ1n) is 10.3. The molecular formula is C21H36N6O2. The summed E-state index contributed by atoms with van der Waals surface area (Å²) in [5.41, 5.74) is 1.22. The number of guanidine groups is 1. The zero-order valence-electron chi connectivity index (χ0n) is 18.1. The smallest absolute Gasteiger partial charge is 0.242 e. The molecule has 2 rings (SSSR count). The van der Waals surface area contributed by atoms with E-state index in [-0.39, 0.29) is 12.5 Å². The topological polar surface area (TPSA) is 72.4 Å². The minimum atomic E-state index is 0.109. The van der Waals surface area contributed by atoms with Gasteiger partial charge in [-0.05, 0) is 25.6 Å². The minimum Gasteiger partial charge on any atom is -0.385 e. The first kappa shape index (κ1) is 23.0. The molecule has 1 saturated heterocycles. The van der Waals surface area contributed by atoms with E-state index < -0.39 is 0 Å². The zero-order valence-corrected chi connectivity index (χ0v) is 18.1. The van der Waals surface area contributed by atoms with E-state index in [1.807, 2.05) is 23.1 Å². The minimum absolute atomic E-state index is 0.109. The van der Waals surface area contributed by atoms with Crippen LogP contribution in [0.3, 0.4) is 0 Å². The summed E-state index contributed by atoms with van der Waals surface area (Å²) in [4.78, 5) is 23.2. The molecule has 1 amide bonds. The molecule has 0 radical (unpaired) electrons. The van der Waals surface area contributed by atoms with E-state index in [2.05, 4.69) is 44.6 Å². The van der Waals surface area contributed by atoms with Crippen molar-refractivity contribution in [3.63, 3.8) is 0 Å². The van der Waals surface area contributed by atoms with Gasteiger partial charge in [-0.25, -0.2) is 0 Å². The lowest BCUT2D eigenvalue weighted by Gasteiger charge is -2.36. The fraction of sp³-hybridized carbons (Fsp3) is 0.619. The number of nitrogens with one attached hydrogen (secondary N) is 2. The highest BCUT2D eigenvalue weighted by molar-refractivity contribution is 5.86. The first-order valence-corrected chi connectivity index (χ1v) is 10.3. The summed E-state index contributed by atoms with van der Waals surface area (Å²) in [6.45, 7) is 6.91. The number of methoxy groups -OCH3 is 1. The fourth-order valence-corrected chi connectivity index (χ4v) is 3.30. The lowest BCUT2D eigenvalue weighted by molar-refractivity contribution is -0.130. The molecule has 8 heteroatoms. The van der Waals surface area contributed by atoms with Crippen LogP contribution in [0.5, 0.6) is 0 Å².